The highest BCUT2D eigenvalue weighted by molar-refractivity contribution is 8.33. The molecule has 0 aliphatic carbocycles. The van der Waals surface area contributed by atoms with Crippen LogP contribution in [-0.2, 0) is 11.2 Å². The Morgan fingerprint density at radius 3 is 2.44 bits per heavy atom. The monoisotopic (exact) mass is 428 g/mol. The van der Waals surface area contributed by atoms with Gasteiger partial charge in [-0.2, -0.15) is 11.3 Å². The maximum Gasteiger partial charge on any atom is 0.0784 e. The average molecular weight is 429 g/mol. The number of aryl methyl sites for hydroxylation is 1. The van der Waals surface area contributed by atoms with Crippen molar-refractivity contribution in [3.05, 3.63) is 52.0 Å². The molecule has 136 valence electrons. The Morgan fingerprint density at radius 2 is 1.64 bits per heavy atom. The molecule has 25 heavy (non-hydrogen) atoms. The zero-order valence-electron chi connectivity index (χ0n) is 14.3. The Bertz CT molecular complexity index is 593. The molecule has 0 radical (unpaired) electrons. The van der Waals surface area contributed by atoms with Crippen LogP contribution in [0.4, 0.5) is 0 Å². The predicted molar refractivity (Wildman–Crippen MR) is 121 cm³/mol. The second-order valence-corrected chi connectivity index (χ2v) is 11.1. The lowest BCUT2D eigenvalue weighted by molar-refractivity contribution is 0.155. The van der Waals surface area contributed by atoms with Gasteiger partial charge < -0.3 is 4.74 Å². The number of thiophene rings is 1. The second kappa shape index (κ2) is 11.9. The van der Waals surface area contributed by atoms with Gasteiger partial charge in [0.05, 0.1) is 15.1 Å². The summed E-state index contributed by atoms with van der Waals surface area (Å²) in [7, 11) is 0. The van der Waals surface area contributed by atoms with E-state index in [0.29, 0.717) is 0 Å². The van der Waals surface area contributed by atoms with Crippen molar-refractivity contribution in [3.63, 3.8) is 0 Å². The molecule has 1 aromatic rings. The first-order valence-electron chi connectivity index (χ1n) is 8.77. The van der Waals surface area contributed by atoms with Crippen LogP contribution in [0.5, 0.6) is 0 Å². The number of rotatable bonds is 11. The van der Waals surface area contributed by atoms with Gasteiger partial charge in [0.2, 0.25) is 0 Å². The molecule has 0 spiro atoms. The van der Waals surface area contributed by atoms with Gasteiger partial charge in [0.25, 0.3) is 0 Å². The van der Waals surface area contributed by atoms with E-state index in [9.17, 15) is 0 Å². The van der Waals surface area contributed by atoms with E-state index in [-0.39, 0.29) is 0 Å². The molecule has 1 nitrogen and oxygen atoms in total. The quantitative estimate of drug-likeness (QED) is 0.329. The van der Waals surface area contributed by atoms with Crippen LogP contribution in [0.25, 0.3) is 0 Å². The molecule has 1 aromatic heterocycles. The summed E-state index contributed by atoms with van der Waals surface area (Å²) < 4.78 is 8.69. The van der Waals surface area contributed by atoms with Crippen molar-refractivity contribution < 1.29 is 4.74 Å². The van der Waals surface area contributed by atoms with Crippen LogP contribution in [0, 0.1) is 0 Å². The van der Waals surface area contributed by atoms with Gasteiger partial charge in [-0.15, -0.1) is 0 Å². The summed E-state index contributed by atoms with van der Waals surface area (Å²) in [5, 5.41) is 11.0. The maximum atomic E-state index is 5.85. The molecule has 0 amide bonds. The zero-order chi connectivity index (χ0) is 17.2. The highest BCUT2D eigenvalue weighted by Crippen LogP contribution is 2.53. The first-order chi connectivity index (χ1) is 12.4. The van der Waals surface area contributed by atoms with Crippen molar-refractivity contribution in [2.75, 3.05) is 13.2 Å². The van der Waals surface area contributed by atoms with E-state index in [1.54, 1.807) is 11.3 Å². The molecule has 0 unspecified atom stereocenters. The normalized spacial score (nSPS) is 16.9. The Labute approximate surface area is 172 Å². The van der Waals surface area contributed by atoms with E-state index in [4.69, 9.17) is 4.74 Å². The molecule has 6 heteroatoms. The van der Waals surface area contributed by atoms with Crippen LogP contribution in [0.1, 0.15) is 44.1 Å². The van der Waals surface area contributed by atoms with Crippen molar-refractivity contribution in [2.45, 2.75) is 44.9 Å². The Kier molecular flexibility index (Phi) is 9.52. The van der Waals surface area contributed by atoms with Crippen molar-refractivity contribution in [3.8, 4) is 0 Å². The number of unbranched alkanes of at least 4 members (excludes halogenated alkanes) is 5. The first-order valence-corrected chi connectivity index (χ1v) is 13.2. The van der Waals surface area contributed by atoms with Crippen LogP contribution in [0.2, 0.25) is 0 Å². The van der Waals surface area contributed by atoms with Crippen LogP contribution < -0.4 is 0 Å². The highest BCUT2D eigenvalue weighted by Gasteiger charge is 2.18. The molecular formula is C19H24OS5. The summed E-state index contributed by atoms with van der Waals surface area (Å²) >= 11 is 9.19. The standard InChI is InChI=1S/C19H24OS5/c1(3-5-7-16-8-10-21-14-16)2-4-6-9-20-13-17-15-24-19(25-17)18-22-11-12-23-18/h8,10-12,14-15H,1-7,9,13H2. The summed E-state index contributed by atoms with van der Waals surface area (Å²) in [4.78, 5) is 1.36. The fourth-order valence-electron chi connectivity index (χ4n) is 2.59. The first kappa shape index (κ1) is 20.0. The molecule has 0 fully saturated rings. The summed E-state index contributed by atoms with van der Waals surface area (Å²) in [6, 6.07) is 2.25. The maximum absolute atomic E-state index is 5.85. The van der Waals surface area contributed by atoms with Crippen LogP contribution >= 0.6 is 58.4 Å². The lowest BCUT2D eigenvalue weighted by Gasteiger charge is -2.05. The fourth-order valence-corrected chi connectivity index (χ4v) is 7.71. The van der Waals surface area contributed by atoms with E-state index < -0.39 is 0 Å². The van der Waals surface area contributed by atoms with Crippen molar-refractivity contribution in [2.24, 2.45) is 0 Å². The average Bonchev–Trinajstić information content (AvgIpc) is 3.38. The van der Waals surface area contributed by atoms with Gasteiger partial charge in [-0.05, 0) is 57.9 Å². The molecular weight excluding hydrogens is 405 g/mol. The molecule has 2 aliphatic rings. The van der Waals surface area contributed by atoms with Gasteiger partial charge in [0.15, 0.2) is 0 Å². The number of hydrogen-bond donors (Lipinski definition) is 0. The predicted octanol–water partition coefficient (Wildman–Crippen LogP) is 8.05. The Hall–Kier alpha value is 0.280. The van der Waals surface area contributed by atoms with Crippen LogP contribution in [0.15, 0.2) is 46.4 Å². The number of thioether (sulfide) groups is 4. The van der Waals surface area contributed by atoms with Gasteiger partial charge in [-0.3, -0.25) is 0 Å². The van der Waals surface area contributed by atoms with Crippen molar-refractivity contribution in [1.29, 1.82) is 0 Å². The largest absolute Gasteiger partial charge is 0.376 e. The smallest absolute Gasteiger partial charge is 0.0784 e. The van der Waals surface area contributed by atoms with E-state index in [2.05, 4.69) is 33.1 Å². The summed E-state index contributed by atoms with van der Waals surface area (Å²) in [5.41, 5.74) is 1.51. The Morgan fingerprint density at radius 1 is 0.840 bits per heavy atom. The summed E-state index contributed by atoms with van der Waals surface area (Å²) in [5.74, 6) is 0. The minimum atomic E-state index is 0.776. The molecule has 2 aliphatic heterocycles. The minimum Gasteiger partial charge on any atom is -0.376 e. The van der Waals surface area contributed by atoms with Crippen molar-refractivity contribution >= 4 is 58.4 Å². The lowest BCUT2D eigenvalue weighted by atomic mass is 10.1. The van der Waals surface area contributed by atoms with Gasteiger partial charge in [0, 0.05) is 11.5 Å². The SMILES string of the molecule is C1=CSC(=C2SC=C(COCCCCCCCCc3ccsc3)S2)S1. The zero-order valence-corrected chi connectivity index (χ0v) is 18.4. The van der Waals surface area contributed by atoms with E-state index in [0.717, 1.165) is 13.2 Å². The van der Waals surface area contributed by atoms with Gasteiger partial charge in [0.1, 0.15) is 0 Å². The highest BCUT2D eigenvalue weighted by atomic mass is 32.2. The summed E-state index contributed by atoms with van der Waals surface area (Å²) in [6.07, 6.45) is 9.15. The summed E-state index contributed by atoms with van der Waals surface area (Å²) in [6.45, 7) is 1.67. The molecule has 3 rings (SSSR count). The van der Waals surface area contributed by atoms with Gasteiger partial charge in [-0.1, -0.05) is 72.7 Å². The third kappa shape index (κ3) is 7.43. The second-order valence-electron chi connectivity index (χ2n) is 5.94. The number of hydrogen-bond acceptors (Lipinski definition) is 6. The van der Waals surface area contributed by atoms with Crippen LogP contribution in [0.3, 0.4) is 0 Å². The Balaban J connectivity index is 1.13. The minimum absolute atomic E-state index is 0.776. The van der Waals surface area contributed by atoms with E-state index in [1.165, 1.54) is 63.9 Å². The van der Waals surface area contributed by atoms with E-state index >= 15 is 0 Å². The molecule has 0 atom stereocenters. The third-order valence-corrected chi connectivity index (χ3v) is 9.70. The molecule has 0 N–H and O–H groups in total. The lowest BCUT2D eigenvalue weighted by Crippen LogP contribution is -1.97. The molecule has 0 saturated carbocycles. The van der Waals surface area contributed by atoms with Gasteiger partial charge in [-0.25, -0.2) is 0 Å². The van der Waals surface area contributed by atoms with Gasteiger partial charge >= 0.3 is 0 Å². The molecule has 3 heterocycles. The molecule has 0 saturated heterocycles. The number of ether oxygens (including phenoxy) is 1. The fraction of sp³-hybridized carbons (Fsp3) is 0.474. The van der Waals surface area contributed by atoms with E-state index in [1.807, 2.05) is 47.0 Å². The molecule has 0 bridgehead atoms. The third-order valence-electron chi connectivity index (χ3n) is 3.92. The van der Waals surface area contributed by atoms with Crippen molar-refractivity contribution in [1.82, 2.24) is 0 Å². The van der Waals surface area contributed by atoms with Crippen LogP contribution in [-0.4, -0.2) is 13.2 Å². The topological polar surface area (TPSA) is 9.23 Å². The molecule has 0 aromatic carbocycles.